The summed E-state index contributed by atoms with van der Waals surface area (Å²) in [6.07, 6.45) is 2.54. The fourth-order valence-electron chi connectivity index (χ4n) is 1.45. The number of carbonyl (C=O) groups is 1. The van der Waals surface area contributed by atoms with E-state index in [9.17, 15) is 4.79 Å². The molecule has 82 valence electrons. The zero-order chi connectivity index (χ0) is 11.4. The Kier molecular flexibility index (Phi) is 3.80. The minimum absolute atomic E-state index is 0.190. The number of ketones is 1. The van der Waals surface area contributed by atoms with Crippen molar-refractivity contribution in [2.75, 3.05) is 6.26 Å². The molecule has 0 unspecified atom stereocenters. The number of rotatable bonds is 4. The first-order chi connectivity index (χ1) is 7.79. The summed E-state index contributed by atoms with van der Waals surface area (Å²) in [5.74, 6) is 0.190. The van der Waals surface area contributed by atoms with Crippen molar-refractivity contribution in [3.63, 3.8) is 0 Å². The Labute approximate surface area is 104 Å². The summed E-state index contributed by atoms with van der Waals surface area (Å²) in [4.78, 5) is 14.2. The highest BCUT2D eigenvalue weighted by Crippen LogP contribution is 2.17. The Bertz CT molecular complexity index is 457. The number of carbonyl (C=O) groups excluding carboxylic acids is 1. The van der Waals surface area contributed by atoms with E-state index in [2.05, 4.69) is 0 Å². The summed E-state index contributed by atoms with van der Waals surface area (Å²) in [6.45, 7) is 0. The molecule has 0 aliphatic carbocycles. The van der Waals surface area contributed by atoms with Crippen molar-refractivity contribution in [3.8, 4) is 0 Å². The molecule has 1 nitrogen and oxygen atoms in total. The van der Waals surface area contributed by atoms with Crippen LogP contribution < -0.4 is 0 Å². The third-order valence-electron chi connectivity index (χ3n) is 2.33. The minimum Gasteiger partial charge on any atom is -0.294 e. The lowest BCUT2D eigenvalue weighted by Gasteiger charge is -2.00. The van der Waals surface area contributed by atoms with E-state index in [4.69, 9.17) is 0 Å². The molecule has 0 atom stereocenters. The number of hydrogen-bond acceptors (Lipinski definition) is 3. The molecule has 3 heteroatoms. The van der Waals surface area contributed by atoms with Crippen molar-refractivity contribution >= 4 is 28.9 Å². The molecule has 0 aliphatic rings. The molecule has 0 saturated heterocycles. The average molecular weight is 248 g/mol. The largest absolute Gasteiger partial charge is 0.294 e. The highest BCUT2D eigenvalue weighted by Gasteiger charge is 2.07. The van der Waals surface area contributed by atoms with Gasteiger partial charge in [0.25, 0.3) is 0 Å². The van der Waals surface area contributed by atoms with Gasteiger partial charge in [0, 0.05) is 21.8 Å². The quantitative estimate of drug-likeness (QED) is 0.603. The maximum Gasteiger partial charge on any atom is 0.168 e. The van der Waals surface area contributed by atoms with Gasteiger partial charge in [-0.15, -0.1) is 23.1 Å². The molecule has 2 aromatic rings. The van der Waals surface area contributed by atoms with Gasteiger partial charge in [-0.05, 0) is 29.8 Å². The summed E-state index contributed by atoms with van der Waals surface area (Å²) in [5.41, 5.74) is 0.797. The van der Waals surface area contributed by atoms with Crippen LogP contribution in [0.5, 0.6) is 0 Å². The van der Waals surface area contributed by atoms with E-state index in [1.54, 1.807) is 23.1 Å². The van der Waals surface area contributed by atoms with Gasteiger partial charge < -0.3 is 0 Å². The summed E-state index contributed by atoms with van der Waals surface area (Å²) in [6, 6.07) is 11.8. The molecule has 0 saturated carbocycles. The van der Waals surface area contributed by atoms with Crippen LogP contribution in [0.1, 0.15) is 15.2 Å². The molecule has 0 N–H and O–H groups in total. The third-order valence-corrected chi connectivity index (χ3v) is 3.95. The second-order valence-electron chi connectivity index (χ2n) is 3.41. The van der Waals surface area contributed by atoms with Gasteiger partial charge in [0.2, 0.25) is 0 Å². The van der Waals surface area contributed by atoms with E-state index in [0.717, 1.165) is 10.4 Å². The summed E-state index contributed by atoms with van der Waals surface area (Å²) < 4.78 is 0. The van der Waals surface area contributed by atoms with Gasteiger partial charge >= 0.3 is 0 Å². The monoisotopic (exact) mass is 248 g/mol. The molecule has 1 aromatic carbocycles. The number of thioether (sulfide) groups is 1. The molecule has 2 rings (SSSR count). The SMILES string of the molecule is CSc1ccc(C(=O)Cc2cccs2)cc1. The normalized spacial score (nSPS) is 10.3. The molecule has 0 radical (unpaired) electrons. The molecular weight excluding hydrogens is 236 g/mol. The lowest BCUT2D eigenvalue weighted by Crippen LogP contribution is -2.01. The van der Waals surface area contributed by atoms with Gasteiger partial charge in [-0.25, -0.2) is 0 Å². The van der Waals surface area contributed by atoms with E-state index in [-0.39, 0.29) is 5.78 Å². The van der Waals surface area contributed by atoms with Crippen LogP contribution in [0.15, 0.2) is 46.7 Å². The van der Waals surface area contributed by atoms with Crippen LogP contribution in [0.2, 0.25) is 0 Å². The molecule has 0 spiro atoms. The highest BCUT2D eigenvalue weighted by atomic mass is 32.2. The Morgan fingerprint density at radius 1 is 1.25 bits per heavy atom. The molecule has 0 amide bonds. The van der Waals surface area contributed by atoms with Crippen LogP contribution in [-0.2, 0) is 6.42 Å². The Hall–Kier alpha value is -1.06. The number of benzene rings is 1. The first-order valence-corrected chi connectivity index (χ1v) is 7.09. The second kappa shape index (κ2) is 5.32. The minimum atomic E-state index is 0.190. The Morgan fingerprint density at radius 2 is 2.00 bits per heavy atom. The molecular formula is C13H12OS2. The molecule has 16 heavy (non-hydrogen) atoms. The molecule has 0 bridgehead atoms. The van der Waals surface area contributed by atoms with Crippen molar-refractivity contribution in [3.05, 3.63) is 52.2 Å². The lowest BCUT2D eigenvalue weighted by molar-refractivity contribution is 0.0994. The van der Waals surface area contributed by atoms with Crippen LogP contribution in [0.25, 0.3) is 0 Å². The number of thiophene rings is 1. The van der Waals surface area contributed by atoms with Gasteiger partial charge in [-0.1, -0.05) is 18.2 Å². The van der Waals surface area contributed by atoms with Crippen LogP contribution >= 0.6 is 23.1 Å². The van der Waals surface area contributed by atoms with Crippen LogP contribution in [0.3, 0.4) is 0 Å². The maximum absolute atomic E-state index is 11.9. The topological polar surface area (TPSA) is 17.1 Å². The summed E-state index contributed by atoms with van der Waals surface area (Å²) in [7, 11) is 0. The van der Waals surface area contributed by atoms with Gasteiger partial charge in [-0.2, -0.15) is 0 Å². The zero-order valence-corrected chi connectivity index (χ0v) is 10.6. The van der Waals surface area contributed by atoms with Gasteiger partial charge in [0.05, 0.1) is 0 Å². The van der Waals surface area contributed by atoms with Crippen LogP contribution in [0, 0.1) is 0 Å². The Balaban J connectivity index is 2.09. The molecule has 0 fully saturated rings. The number of Topliss-reactive ketones (excluding diaryl/α,β-unsaturated/α-hetero) is 1. The number of hydrogen-bond donors (Lipinski definition) is 0. The average Bonchev–Trinajstić information content (AvgIpc) is 2.82. The van der Waals surface area contributed by atoms with Crippen molar-refractivity contribution in [2.24, 2.45) is 0 Å². The van der Waals surface area contributed by atoms with Crippen molar-refractivity contribution in [1.82, 2.24) is 0 Å². The molecule has 1 heterocycles. The van der Waals surface area contributed by atoms with Gasteiger partial charge in [-0.3, -0.25) is 4.79 Å². The molecule has 0 aliphatic heterocycles. The van der Waals surface area contributed by atoms with Crippen molar-refractivity contribution in [2.45, 2.75) is 11.3 Å². The highest BCUT2D eigenvalue weighted by molar-refractivity contribution is 7.98. The predicted octanol–water partition coefficient (Wildman–Crippen LogP) is 3.90. The van der Waals surface area contributed by atoms with E-state index in [1.165, 1.54) is 4.90 Å². The van der Waals surface area contributed by atoms with Gasteiger partial charge in [0.1, 0.15) is 0 Å². The van der Waals surface area contributed by atoms with Crippen molar-refractivity contribution < 1.29 is 4.79 Å². The van der Waals surface area contributed by atoms with E-state index in [1.807, 2.05) is 48.0 Å². The maximum atomic E-state index is 11.9. The van der Waals surface area contributed by atoms with E-state index in [0.29, 0.717) is 6.42 Å². The standard InChI is InChI=1S/C13H12OS2/c1-15-11-6-4-10(5-7-11)13(14)9-12-3-2-8-16-12/h2-8H,9H2,1H3. The smallest absolute Gasteiger partial charge is 0.168 e. The van der Waals surface area contributed by atoms with E-state index >= 15 is 0 Å². The fraction of sp³-hybridized carbons (Fsp3) is 0.154. The predicted molar refractivity (Wildman–Crippen MR) is 70.6 cm³/mol. The van der Waals surface area contributed by atoms with Gasteiger partial charge in [0.15, 0.2) is 5.78 Å². The fourth-order valence-corrected chi connectivity index (χ4v) is 2.56. The van der Waals surface area contributed by atoms with Crippen molar-refractivity contribution in [1.29, 1.82) is 0 Å². The lowest BCUT2D eigenvalue weighted by atomic mass is 10.1. The molecule has 1 aromatic heterocycles. The first-order valence-electron chi connectivity index (χ1n) is 4.99. The Morgan fingerprint density at radius 3 is 2.56 bits per heavy atom. The second-order valence-corrected chi connectivity index (χ2v) is 5.32. The summed E-state index contributed by atoms with van der Waals surface area (Å²) >= 11 is 3.31. The summed E-state index contributed by atoms with van der Waals surface area (Å²) in [5, 5.41) is 2.00. The third kappa shape index (κ3) is 2.74. The first kappa shape index (κ1) is 11.4. The zero-order valence-electron chi connectivity index (χ0n) is 8.97. The van der Waals surface area contributed by atoms with Crippen LogP contribution in [0.4, 0.5) is 0 Å². The van der Waals surface area contributed by atoms with Crippen LogP contribution in [-0.4, -0.2) is 12.0 Å². The van der Waals surface area contributed by atoms with E-state index < -0.39 is 0 Å².